The number of nitrogens with one attached hydrogen (secondary N) is 1. The SMILES string of the molecule is O=C(NC1CCCC(Cl)C1)n1sc(CBr)cc1=O. The van der Waals surface area contributed by atoms with E-state index >= 15 is 0 Å². The largest absolute Gasteiger partial charge is 0.338 e. The van der Waals surface area contributed by atoms with E-state index in [4.69, 9.17) is 11.6 Å². The Morgan fingerprint density at radius 2 is 2.39 bits per heavy atom. The van der Waals surface area contributed by atoms with E-state index in [0.29, 0.717) is 5.33 Å². The third-order valence-corrected chi connectivity index (χ3v) is 5.34. The molecule has 4 nitrogen and oxygen atoms in total. The number of carbonyl (C=O) groups is 1. The van der Waals surface area contributed by atoms with Crippen molar-refractivity contribution in [2.45, 2.75) is 42.4 Å². The van der Waals surface area contributed by atoms with Gasteiger partial charge in [0, 0.05) is 27.7 Å². The lowest BCUT2D eigenvalue weighted by molar-refractivity contribution is 0.236. The first-order valence-corrected chi connectivity index (χ1v) is 8.16. The van der Waals surface area contributed by atoms with Crippen molar-refractivity contribution in [3.63, 3.8) is 0 Å². The molecule has 0 aliphatic heterocycles. The highest BCUT2D eigenvalue weighted by atomic mass is 79.9. The quantitative estimate of drug-likeness (QED) is 0.831. The molecule has 0 radical (unpaired) electrons. The van der Waals surface area contributed by atoms with Crippen LogP contribution in [-0.4, -0.2) is 21.4 Å². The molecule has 1 N–H and O–H groups in total. The van der Waals surface area contributed by atoms with Gasteiger partial charge < -0.3 is 5.32 Å². The standard InChI is InChI=1S/C11H14BrClN2O2S/c12-6-9-5-10(16)15(18-9)11(17)14-8-3-1-2-7(13)4-8/h5,7-8H,1-4,6H2,(H,14,17). The zero-order valence-electron chi connectivity index (χ0n) is 9.70. The topological polar surface area (TPSA) is 51.1 Å². The van der Waals surface area contributed by atoms with E-state index in [-0.39, 0.29) is 23.0 Å². The van der Waals surface area contributed by atoms with Gasteiger partial charge in [-0.2, -0.15) is 3.96 Å². The monoisotopic (exact) mass is 352 g/mol. The fraction of sp³-hybridized carbons (Fsp3) is 0.636. The highest BCUT2D eigenvalue weighted by molar-refractivity contribution is 9.08. The molecule has 2 unspecified atom stereocenters. The molecule has 0 spiro atoms. The van der Waals surface area contributed by atoms with E-state index in [9.17, 15) is 9.59 Å². The molecule has 0 aromatic carbocycles. The van der Waals surface area contributed by atoms with Gasteiger partial charge in [0.25, 0.3) is 5.56 Å². The predicted octanol–water partition coefficient (Wildman–Crippen LogP) is 2.91. The van der Waals surface area contributed by atoms with Crippen LogP contribution < -0.4 is 10.9 Å². The van der Waals surface area contributed by atoms with Crippen LogP contribution in [0.2, 0.25) is 0 Å². The second-order valence-corrected chi connectivity index (χ2v) is 6.63. The maximum absolute atomic E-state index is 12.0. The first-order valence-electron chi connectivity index (χ1n) is 5.83. The molecule has 0 bridgehead atoms. The summed E-state index contributed by atoms with van der Waals surface area (Å²) in [5.41, 5.74) is -0.273. The second-order valence-electron chi connectivity index (χ2n) is 4.38. The summed E-state index contributed by atoms with van der Waals surface area (Å²) in [4.78, 5) is 24.4. The fourth-order valence-electron chi connectivity index (χ4n) is 2.08. The number of nitrogens with zero attached hydrogens (tertiary/aromatic N) is 1. The number of aromatic nitrogens is 1. The molecular formula is C11H14BrClN2O2S. The van der Waals surface area contributed by atoms with E-state index in [1.165, 1.54) is 17.6 Å². The van der Waals surface area contributed by atoms with Crippen LogP contribution in [0.3, 0.4) is 0 Å². The number of amides is 1. The Balaban J connectivity index is 2.02. The summed E-state index contributed by atoms with van der Waals surface area (Å²) in [5, 5.41) is 3.59. The van der Waals surface area contributed by atoms with Crippen LogP contribution in [0.1, 0.15) is 30.6 Å². The van der Waals surface area contributed by atoms with Crippen molar-refractivity contribution < 1.29 is 4.79 Å². The van der Waals surface area contributed by atoms with Crippen LogP contribution in [0.4, 0.5) is 4.79 Å². The van der Waals surface area contributed by atoms with Crippen LogP contribution in [0.5, 0.6) is 0 Å². The molecule has 0 saturated heterocycles. The van der Waals surface area contributed by atoms with E-state index in [2.05, 4.69) is 21.2 Å². The van der Waals surface area contributed by atoms with Gasteiger partial charge >= 0.3 is 6.03 Å². The molecule has 18 heavy (non-hydrogen) atoms. The number of rotatable bonds is 2. The molecule has 1 amide bonds. The first-order chi connectivity index (χ1) is 8.60. The van der Waals surface area contributed by atoms with Crippen molar-refractivity contribution in [1.29, 1.82) is 0 Å². The molecule has 1 aliphatic carbocycles. The molecule has 2 rings (SSSR count). The lowest BCUT2D eigenvalue weighted by Gasteiger charge is -2.25. The first kappa shape index (κ1) is 14.1. The summed E-state index contributed by atoms with van der Waals surface area (Å²) < 4.78 is 1.16. The Bertz CT molecular complexity index is 488. The van der Waals surface area contributed by atoms with Gasteiger partial charge in [0.15, 0.2) is 0 Å². The minimum Gasteiger partial charge on any atom is -0.334 e. The van der Waals surface area contributed by atoms with Gasteiger partial charge in [-0.15, -0.1) is 11.6 Å². The van der Waals surface area contributed by atoms with Crippen LogP contribution in [0.25, 0.3) is 0 Å². The van der Waals surface area contributed by atoms with Gasteiger partial charge in [-0.3, -0.25) is 4.79 Å². The lowest BCUT2D eigenvalue weighted by Crippen LogP contribution is -2.42. The number of hydrogen-bond donors (Lipinski definition) is 1. The summed E-state index contributed by atoms with van der Waals surface area (Å²) in [6, 6.07) is 1.22. The van der Waals surface area contributed by atoms with Gasteiger partial charge in [0.2, 0.25) is 0 Å². The van der Waals surface area contributed by atoms with E-state index < -0.39 is 0 Å². The Kier molecular flexibility index (Phi) is 4.86. The molecule has 1 aliphatic rings. The average Bonchev–Trinajstić information content (AvgIpc) is 2.70. The molecule has 100 valence electrons. The Hall–Kier alpha value is -0.330. The Labute approximate surface area is 123 Å². The maximum Gasteiger partial charge on any atom is 0.338 e. The summed E-state index contributed by atoms with van der Waals surface area (Å²) in [7, 11) is 0. The molecule has 7 heteroatoms. The Morgan fingerprint density at radius 1 is 1.61 bits per heavy atom. The highest BCUT2D eigenvalue weighted by Gasteiger charge is 2.23. The number of alkyl halides is 2. The molecule has 1 aromatic rings. The van der Waals surface area contributed by atoms with Crippen molar-refractivity contribution in [3.8, 4) is 0 Å². The second kappa shape index (κ2) is 6.21. The lowest BCUT2D eigenvalue weighted by atomic mass is 9.95. The summed E-state index contributed by atoms with van der Waals surface area (Å²) in [6.07, 6.45) is 3.73. The van der Waals surface area contributed by atoms with Crippen molar-refractivity contribution in [2.24, 2.45) is 0 Å². The van der Waals surface area contributed by atoms with E-state index in [1.807, 2.05) is 0 Å². The Morgan fingerprint density at radius 3 is 3.00 bits per heavy atom. The van der Waals surface area contributed by atoms with Crippen molar-refractivity contribution in [2.75, 3.05) is 0 Å². The molecule has 1 aromatic heterocycles. The fourth-order valence-corrected chi connectivity index (χ4v) is 3.64. The van der Waals surface area contributed by atoms with Gasteiger partial charge in [0.05, 0.1) is 0 Å². The van der Waals surface area contributed by atoms with Crippen LogP contribution >= 0.6 is 39.1 Å². The molecule has 1 saturated carbocycles. The zero-order valence-corrected chi connectivity index (χ0v) is 12.9. The summed E-state index contributed by atoms with van der Waals surface area (Å²) in [6.45, 7) is 0. The van der Waals surface area contributed by atoms with Gasteiger partial charge in [0.1, 0.15) is 0 Å². The van der Waals surface area contributed by atoms with Crippen molar-refractivity contribution in [3.05, 3.63) is 21.3 Å². The summed E-state index contributed by atoms with van der Waals surface area (Å²) >= 11 is 10.5. The minimum absolute atomic E-state index is 0.0789. The van der Waals surface area contributed by atoms with Gasteiger partial charge in [-0.05, 0) is 25.7 Å². The van der Waals surface area contributed by atoms with E-state index in [0.717, 1.165) is 34.5 Å². The third kappa shape index (κ3) is 3.36. The zero-order chi connectivity index (χ0) is 13.1. The molecule has 1 heterocycles. The average molecular weight is 354 g/mol. The van der Waals surface area contributed by atoms with Crippen molar-refractivity contribution in [1.82, 2.24) is 9.27 Å². The highest BCUT2D eigenvalue weighted by Crippen LogP contribution is 2.23. The smallest absolute Gasteiger partial charge is 0.334 e. The van der Waals surface area contributed by atoms with Gasteiger partial charge in [-0.25, -0.2) is 4.79 Å². The van der Waals surface area contributed by atoms with Gasteiger partial charge in [-0.1, -0.05) is 27.5 Å². The number of carbonyl (C=O) groups excluding carboxylic acids is 1. The molecule has 1 fully saturated rings. The van der Waals surface area contributed by atoms with E-state index in [1.54, 1.807) is 0 Å². The number of halogens is 2. The van der Waals surface area contributed by atoms with Crippen molar-refractivity contribution >= 4 is 45.1 Å². The van der Waals surface area contributed by atoms with Crippen LogP contribution in [0, 0.1) is 0 Å². The summed E-state index contributed by atoms with van der Waals surface area (Å²) in [5.74, 6) is 0. The number of hydrogen-bond acceptors (Lipinski definition) is 3. The van der Waals surface area contributed by atoms with Crippen LogP contribution in [-0.2, 0) is 5.33 Å². The third-order valence-electron chi connectivity index (χ3n) is 2.95. The predicted molar refractivity (Wildman–Crippen MR) is 77.0 cm³/mol. The molecular weight excluding hydrogens is 340 g/mol. The maximum atomic E-state index is 12.0. The minimum atomic E-state index is -0.340. The van der Waals surface area contributed by atoms with Crippen LogP contribution in [0.15, 0.2) is 10.9 Å². The molecule has 2 atom stereocenters. The normalized spacial score (nSPS) is 23.9.